The number of aryl methyl sites for hydroxylation is 1. The fraction of sp³-hybridized carbons (Fsp3) is 0.333. The maximum atomic E-state index is 15.4. The third-order valence-electron chi connectivity index (χ3n) is 6.11. The fourth-order valence-electron chi connectivity index (χ4n) is 4.48. The second-order valence-electron chi connectivity index (χ2n) is 8.48. The van der Waals surface area contributed by atoms with Crippen LogP contribution in [0.15, 0.2) is 48.5 Å². The number of benzene rings is 3. The number of fused-ring (bicyclic) bond motifs is 3. The van der Waals surface area contributed by atoms with Gasteiger partial charge < -0.3 is 4.74 Å². The van der Waals surface area contributed by atoms with Crippen LogP contribution >= 0.6 is 0 Å². The maximum absolute atomic E-state index is 15.4. The van der Waals surface area contributed by atoms with Gasteiger partial charge in [-0.05, 0) is 52.8 Å². The van der Waals surface area contributed by atoms with Crippen LogP contribution in [0.1, 0.15) is 55.7 Å². The minimum absolute atomic E-state index is 0.148. The first-order valence-electron chi connectivity index (χ1n) is 11.3. The number of alkyl halides is 3. The first kappa shape index (κ1) is 23.3. The summed E-state index contributed by atoms with van der Waals surface area (Å²) >= 11 is 0. The van der Waals surface area contributed by atoms with Crippen molar-refractivity contribution in [1.29, 1.82) is 0 Å². The quantitative estimate of drug-likeness (QED) is 0.189. The van der Waals surface area contributed by atoms with Gasteiger partial charge in [0.05, 0.1) is 0 Å². The fourth-order valence-corrected chi connectivity index (χ4v) is 4.48. The van der Waals surface area contributed by atoms with Crippen molar-refractivity contribution < 1.29 is 26.7 Å². The van der Waals surface area contributed by atoms with Crippen LogP contribution in [-0.2, 0) is 12.8 Å². The van der Waals surface area contributed by atoms with Crippen molar-refractivity contribution >= 4 is 0 Å². The van der Waals surface area contributed by atoms with Gasteiger partial charge in [0.2, 0.25) is 0 Å². The van der Waals surface area contributed by atoms with Gasteiger partial charge in [0.15, 0.2) is 11.6 Å². The lowest BCUT2D eigenvalue weighted by atomic mass is 9.97. The molecule has 1 aliphatic carbocycles. The number of rotatable bonds is 8. The number of hydrogen-bond donors (Lipinski definition) is 0. The highest BCUT2D eigenvalue weighted by Crippen LogP contribution is 2.42. The standard InChI is InChI=1S/C27H25F5O/c1-2-3-4-5-6-7-17-8-10-20-19(14-17)15-23-22(20)12-11-21(26(23)29)18-9-13-25(24(28)16-18)33-27(30,31)32/h8-14,16H,2-7,15H2,1H3. The molecule has 0 heterocycles. The maximum Gasteiger partial charge on any atom is 0.573 e. The van der Waals surface area contributed by atoms with Crippen LogP contribution in [0.3, 0.4) is 0 Å². The normalized spacial score (nSPS) is 12.5. The molecule has 0 bridgehead atoms. The zero-order valence-corrected chi connectivity index (χ0v) is 18.4. The van der Waals surface area contributed by atoms with E-state index in [2.05, 4.69) is 23.8 Å². The van der Waals surface area contributed by atoms with Crippen molar-refractivity contribution in [2.75, 3.05) is 0 Å². The molecule has 1 nitrogen and oxygen atoms in total. The lowest BCUT2D eigenvalue weighted by Gasteiger charge is -2.12. The summed E-state index contributed by atoms with van der Waals surface area (Å²) in [5.74, 6) is -2.62. The zero-order chi connectivity index (χ0) is 23.6. The summed E-state index contributed by atoms with van der Waals surface area (Å²) in [7, 11) is 0. The highest BCUT2D eigenvalue weighted by Gasteiger charge is 2.32. The van der Waals surface area contributed by atoms with Crippen molar-refractivity contribution in [3.05, 3.63) is 76.9 Å². The highest BCUT2D eigenvalue weighted by atomic mass is 19.4. The Kier molecular flexibility index (Phi) is 6.73. The van der Waals surface area contributed by atoms with E-state index in [9.17, 15) is 17.6 Å². The molecule has 4 rings (SSSR count). The molecule has 0 unspecified atom stereocenters. The van der Waals surface area contributed by atoms with Crippen LogP contribution < -0.4 is 4.74 Å². The number of unbranched alkanes of at least 4 members (excludes halogenated alkanes) is 4. The summed E-state index contributed by atoms with van der Waals surface area (Å²) in [6, 6.07) is 12.6. The van der Waals surface area contributed by atoms with Crippen molar-refractivity contribution in [3.63, 3.8) is 0 Å². The molecular weight excluding hydrogens is 435 g/mol. The topological polar surface area (TPSA) is 9.23 Å². The van der Waals surface area contributed by atoms with E-state index in [0.717, 1.165) is 41.7 Å². The van der Waals surface area contributed by atoms with E-state index in [0.29, 0.717) is 12.0 Å². The van der Waals surface area contributed by atoms with E-state index >= 15 is 4.39 Å². The van der Waals surface area contributed by atoms with E-state index < -0.39 is 23.7 Å². The van der Waals surface area contributed by atoms with Crippen molar-refractivity contribution in [2.24, 2.45) is 0 Å². The van der Waals surface area contributed by atoms with Crippen LogP contribution in [0.4, 0.5) is 22.0 Å². The molecule has 0 fully saturated rings. The summed E-state index contributed by atoms with van der Waals surface area (Å²) in [4.78, 5) is 0. The van der Waals surface area contributed by atoms with Crippen LogP contribution in [0.5, 0.6) is 5.75 Å². The number of ether oxygens (including phenoxy) is 1. The van der Waals surface area contributed by atoms with E-state index in [1.54, 1.807) is 12.1 Å². The van der Waals surface area contributed by atoms with Gasteiger partial charge in [0, 0.05) is 17.5 Å². The van der Waals surface area contributed by atoms with Crippen LogP contribution in [0.25, 0.3) is 22.3 Å². The molecule has 0 saturated heterocycles. The van der Waals surface area contributed by atoms with Gasteiger partial charge in [-0.2, -0.15) is 0 Å². The molecule has 0 spiro atoms. The molecule has 0 N–H and O–H groups in total. The van der Waals surface area contributed by atoms with Gasteiger partial charge in [-0.25, -0.2) is 8.78 Å². The van der Waals surface area contributed by atoms with Crippen LogP contribution in [0, 0.1) is 11.6 Å². The summed E-state index contributed by atoms with van der Waals surface area (Å²) < 4.78 is 70.4. The second kappa shape index (κ2) is 9.54. The Bertz CT molecular complexity index is 1150. The van der Waals surface area contributed by atoms with Crippen molar-refractivity contribution in [1.82, 2.24) is 0 Å². The zero-order valence-electron chi connectivity index (χ0n) is 18.4. The summed E-state index contributed by atoms with van der Waals surface area (Å²) in [5.41, 5.74) is 4.93. The molecule has 3 aromatic rings. The molecule has 3 aromatic carbocycles. The smallest absolute Gasteiger partial charge is 0.403 e. The molecule has 174 valence electrons. The van der Waals surface area contributed by atoms with Crippen LogP contribution in [-0.4, -0.2) is 6.36 Å². The van der Waals surface area contributed by atoms with Crippen LogP contribution in [0.2, 0.25) is 0 Å². The lowest BCUT2D eigenvalue weighted by Crippen LogP contribution is -2.17. The summed E-state index contributed by atoms with van der Waals surface area (Å²) in [6.45, 7) is 2.19. The molecule has 6 heteroatoms. The Morgan fingerprint density at radius 3 is 2.27 bits per heavy atom. The molecule has 0 aliphatic heterocycles. The largest absolute Gasteiger partial charge is 0.573 e. The Labute approximate surface area is 190 Å². The van der Waals surface area contributed by atoms with Gasteiger partial charge in [0.25, 0.3) is 0 Å². The monoisotopic (exact) mass is 460 g/mol. The number of halogens is 5. The lowest BCUT2D eigenvalue weighted by molar-refractivity contribution is -0.275. The van der Waals surface area contributed by atoms with E-state index in [1.807, 2.05) is 6.07 Å². The van der Waals surface area contributed by atoms with Gasteiger partial charge in [-0.1, -0.05) is 69.0 Å². The summed E-state index contributed by atoms with van der Waals surface area (Å²) in [6.07, 6.45) is 2.47. The van der Waals surface area contributed by atoms with E-state index in [4.69, 9.17) is 0 Å². The summed E-state index contributed by atoms with van der Waals surface area (Å²) in [5, 5.41) is 0. The van der Waals surface area contributed by atoms with Gasteiger partial charge in [-0.15, -0.1) is 13.2 Å². The molecular formula is C27H25F5O. The van der Waals surface area contributed by atoms with Gasteiger partial charge >= 0.3 is 6.36 Å². The Morgan fingerprint density at radius 1 is 0.818 bits per heavy atom. The molecule has 0 atom stereocenters. The van der Waals surface area contributed by atoms with Crippen molar-refractivity contribution in [2.45, 2.75) is 58.2 Å². The first-order chi connectivity index (χ1) is 15.8. The first-order valence-corrected chi connectivity index (χ1v) is 11.3. The van der Waals surface area contributed by atoms with Gasteiger partial charge in [-0.3, -0.25) is 0 Å². The van der Waals surface area contributed by atoms with Crippen molar-refractivity contribution in [3.8, 4) is 28.0 Å². The third-order valence-corrected chi connectivity index (χ3v) is 6.11. The molecule has 0 saturated carbocycles. The van der Waals surface area contributed by atoms with E-state index in [1.165, 1.54) is 37.3 Å². The Hall–Kier alpha value is -2.89. The molecule has 1 aliphatic rings. The number of hydrogen-bond acceptors (Lipinski definition) is 1. The third kappa shape index (κ3) is 5.21. The van der Waals surface area contributed by atoms with E-state index in [-0.39, 0.29) is 11.1 Å². The molecule has 0 radical (unpaired) electrons. The SMILES string of the molecule is CCCCCCCc1ccc2c(c1)Cc1c-2ccc(-c2ccc(OC(F)(F)F)c(F)c2)c1F. The minimum Gasteiger partial charge on any atom is -0.403 e. The molecule has 0 amide bonds. The predicted molar refractivity (Wildman–Crippen MR) is 119 cm³/mol. The second-order valence-corrected chi connectivity index (χ2v) is 8.48. The molecule has 33 heavy (non-hydrogen) atoms. The average Bonchev–Trinajstić information content (AvgIpc) is 3.13. The minimum atomic E-state index is -5.00. The van der Waals surface area contributed by atoms with Gasteiger partial charge in [0.1, 0.15) is 5.82 Å². The highest BCUT2D eigenvalue weighted by molar-refractivity contribution is 5.81. The predicted octanol–water partition coefficient (Wildman–Crippen LogP) is 8.61. The average molecular weight is 460 g/mol. The molecule has 0 aromatic heterocycles. The Balaban J connectivity index is 1.54. The Morgan fingerprint density at radius 2 is 1.55 bits per heavy atom.